The van der Waals surface area contributed by atoms with Crippen molar-refractivity contribution in [3.8, 4) is 22.4 Å². The Labute approximate surface area is 214 Å². The first-order valence-corrected chi connectivity index (χ1v) is 13.8. The van der Waals surface area contributed by atoms with Crippen molar-refractivity contribution in [1.29, 1.82) is 0 Å². The van der Waals surface area contributed by atoms with Crippen LogP contribution in [0.1, 0.15) is 18.4 Å². The fourth-order valence-electron chi connectivity index (χ4n) is 4.72. The Morgan fingerprint density at radius 2 is 1.95 bits per heavy atom. The van der Waals surface area contributed by atoms with E-state index in [1.165, 1.54) is 18.5 Å². The number of hydrogen-bond acceptors (Lipinski definition) is 6. The lowest BCUT2D eigenvalue weighted by atomic mass is 9.97. The van der Waals surface area contributed by atoms with Crippen molar-refractivity contribution in [2.24, 2.45) is 11.4 Å². The second-order valence-electron chi connectivity index (χ2n) is 9.00. The Morgan fingerprint density at radius 3 is 2.62 bits per heavy atom. The van der Waals surface area contributed by atoms with E-state index in [-0.39, 0.29) is 18.3 Å². The minimum absolute atomic E-state index is 0.177. The second-order valence-corrected chi connectivity index (χ2v) is 11.5. The molecule has 5 rings (SSSR count). The number of halogens is 1. The molecule has 3 heterocycles. The van der Waals surface area contributed by atoms with Crippen LogP contribution in [-0.2, 0) is 28.1 Å². The predicted octanol–water partition coefficient (Wildman–Crippen LogP) is 4.72. The number of carbonyl (C=O) groups is 1. The molecule has 0 radical (unpaired) electrons. The van der Waals surface area contributed by atoms with E-state index >= 15 is 4.39 Å². The Morgan fingerprint density at radius 1 is 1.22 bits per heavy atom. The van der Waals surface area contributed by atoms with Gasteiger partial charge in [-0.3, -0.25) is 4.79 Å². The lowest BCUT2D eigenvalue weighted by molar-refractivity contribution is -0.116. The third-order valence-corrected chi connectivity index (χ3v) is 8.94. The quantitative estimate of drug-likeness (QED) is 0.359. The monoisotopic (exact) mass is 518 g/mol. The molecule has 1 aliphatic rings. The highest BCUT2D eigenvalue weighted by atomic mass is 32.2. The summed E-state index contributed by atoms with van der Waals surface area (Å²) in [5.41, 5.74) is 10.6. The number of nitrogens with two attached hydrogens (primary N) is 1. The number of hydrogen-bond donors (Lipinski definition) is 2. The molecule has 37 heavy (non-hydrogen) atoms. The average molecular weight is 519 g/mol. The summed E-state index contributed by atoms with van der Waals surface area (Å²) in [5.74, 6) is 0.759. The number of amides is 1. The first-order chi connectivity index (χ1) is 17.8. The second kappa shape index (κ2) is 9.78. The van der Waals surface area contributed by atoms with E-state index in [2.05, 4.69) is 26.2 Å². The van der Waals surface area contributed by atoms with Crippen LogP contribution in [-0.4, -0.2) is 36.2 Å². The molecule has 2 aromatic carbocycles. The number of anilines is 1. The van der Waals surface area contributed by atoms with E-state index in [1.54, 1.807) is 23.7 Å². The number of nitrogen functional groups attached to an aromatic ring is 1. The lowest BCUT2D eigenvalue weighted by Crippen LogP contribution is -2.20. The molecular weight excluding hydrogens is 491 g/mol. The minimum atomic E-state index is -2.19. The maximum Gasteiger partial charge on any atom is 0.243 e. The number of rotatable bonds is 6. The summed E-state index contributed by atoms with van der Waals surface area (Å²) in [6, 6.07) is 12.2. The van der Waals surface area contributed by atoms with Crippen LogP contribution in [0.15, 0.2) is 65.8 Å². The Bertz CT molecular complexity index is 1640. The normalized spacial score (nSPS) is 14.5. The van der Waals surface area contributed by atoms with Crippen LogP contribution in [0.5, 0.6) is 0 Å². The number of fused-ring (bicyclic) bond motifs is 1. The molecule has 190 valence electrons. The molecule has 3 N–H and O–H groups in total. The van der Waals surface area contributed by atoms with Crippen LogP contribution >= 0.6 is 0 Å². The third-order valence-electron chi connectivity index (χ3n) is 6.54. The molecule has 1 amide bonds. The highest BCUT2D eigenvalue weighted by Gasteiger charge is 2.24. The number of aryl methyl sites for hydroxylation is 1. The van der Waals surface area contributed by atoms with E-state index in [0.717, 1.165) is 18.4 Å². The van der Waals surface area contributed by atoms with Crippen LogP contribution < -0.4 is 11.1 Å². The average Bonchev–Trinajstić information content (AvgIpc) is 3.45. The highest BCUT2D eigenvalue weighted by molar-refractivity contribution is 7.93. The van der Waals surface area contributed by atoms with Gasteiger partial charge in [0.05, 0.1) is 26.5 Å². The highest BCUT2D eigenvalue weighted by Crippen LogP contribution is 2.42. The van der Waals surface area contributed by atoms with E-state index in [0.29, 0.717) is 50.6 Å². The summed E-state index contributed by atoms with van der Waals surface area (Å²) < 4.78 is 34.7. The number of aromatic nitrogens is 3. The molecule has 0 aliphatic carbocycles. The van der Waals surface area contributed by atoms with Crippen molar-refractivity contribution in [2.75, 3.05) is 17.2 Å². The van der Waals surface area contributed by atoms with Crippen molar-refractivity contribution in [2.45, 2.75) is 19.4 Å². The van der Waals surface area contributed by atoms with E-state index in [9.17, 15) is 9.00 Å². The van der Waals surface area contributed by atoms with Gasteiger partial charge in [-0.25, -0.2) is 18.6 Å². The van der Waals surface area contributed by atoms with Crippen LogP contribution in [0.25, 0.3) is 33.4 Å². The van der Waals surface area contributed by atoms with Gasteiger partial charge in [0.2, 0.25) is 5.91 Å². The van der Waals surface area contributed by atoms with Gasteiger partial charge in [0.15, 0.2) is 0 Å². The van der Waals surface area contributed by atoms with Gasteiger partial charge in [0.1, 0.15) is 23.6 Å². The smallest absolute Gasteiger partial charge is 0.243 e. The standard InChI is InChI=1S/C27H27FN6O2S/c1-3-22(35)30-15-17-6-11-20(21(28)14-17)25-23(24-26(29)31-16-32-27(24)34(25)2)18-7-9-19(10-8-18)33-37(36)12-4-5-13-37/h3,6-11,14,16H,1,4-5,12-13,15H2,2H3,(H,30,35)(H2,29,31,32). The predicted molar refractivity (Wildman–Crippen MR) is 145 cm³/mol. The lowest BCUT2D eigenvalue weighted by Gasteiger charge is -2.12. The van der Waals surface area contributed by atoms with Crippen LogP contribution in [0.4, 0.5) is 15.9 Å². The summed E-state index contributed by atoms with van der Waals surface area (Å²) >= 11 is 0. The molecule has 1 saturated heterocycles. The molecule has 8 nitrogen and oxygen atoms in total. The van der Waals surface area contributed by atoms with Gasteiger partial charge in [0.25, 0.3) is 0 Å². The molecule has 10 heteroatoms. The molecule has 2 aromatic heterocycles. The fraction of sp³-hybridized carbons (Fsp3) is 0.222. The zero-order chi connectivity index (χ0) is 26.2. The Hall–Kier alpha value is -4.05. The van der Waals surface area contributed by atoms with Crippen molar-refractivity contribution >= 4 is 38.2 Å². The maximum absolute atomic E-state index is 15.5. The summed E-state index contributed by atoms with van der Waals surface area (Å²) in [7, 11) is -0.390. The maximum atomic E-state index is 15.5. The molecule has 0 unspecified atom stereocenters. The van der Waals surface area contributed by atoms with Gasteiger partial charge in [-0.2, -0.15) is 4.36 Å². The molecule has 0 atom stereocenters. The SMILES string of the molecule is C=CC(=O)NCc1ccc(-c2c(-c3ccc(N=S4(=O)CCCC4)cc3)c3c(N)ncnc3n2C)c(F)c1. The summed E-state index contributed by atoms with van der Waals surface area (Å²) in [5, 5.41) is 3.27. The fourth-order valence-corrected chi connectivity index (χ4v) is 6.93. The van der Waals surface area contributed by atoms with Gasteiger partial charge in [-0.05, 0) is 54.3 Å². The van der Waals surface area contributed by atoms with Crippen LogP contribution in [0.2, 0.25) is 0 Å². The molecule has 1 aliphatic heterocycles. The number of nitrogens with zero attached hydrogens (tertiary/aromatic N) is 4. The van der Waals surface area contributed by atoms with Crippen LogP contribution in [0, 0.1) is 5.82 Å². The Balaban J connectivity index is 1.63. The largest absolute Gasteiger partial charge is 0.383 e. The van der Waals surface area contributed by atoms with E-state index < -0.39 is 15.5 Å². The summed E-state index contributed by atoms with van der Waals surface area (Å²) in [4.78, 5) is 20.1. The zero-order valence-corrected chi connectivity index (χ0v) is 21.2. The molecule has 1 fully saturated rings. The van der Waals surface area contributed by atoms with E-state index in [1.807, 2.05) is 24.3 Å². The van der Waals surface area contributed by atoms with Gasteiger partial charge in [-0.15, -0.1) is 0 Å². The molecule has 0 saturated carbocycles. The van der Waals surface area contributed by atoms with E-state index in [4.69, 9.17) is 5.73 Å². The topological polar surface area (TPSA) is 115 Å². The van der Waals surface area contributed by atoms with Crippen LogP contribution in [0.3, 0.4) is 0 Å². The first-order valence-electron chi connectivity index (χ1n) is 11.9. The summed E-state index contributed by atoms with van der Waals surface area (Å²) in [6.45, 7) is 3.60. The van der Waals surface area contributed by atoms with Gasteiger partial charge < -0.3 is 15.6 Å². The molecule has 0 spiro atoms. The molecule has 0 bridgehead atoms. The first kappa shape index (κ1) is 24.6. The Kier molecular flexibility index (Phi) is 6.51. The number of benzene rings is 2. The summed E-state index contributed by atoms with van der Waals surface area (Å²) in [6.07, 6.45) is 4.42. The number of nitrogens with one attached hydrogen (secondary N) is 1. The van der Waals surface area contributed by atoms with Crippen molar-refractivity contribution in [1.82, 2.24) is 19.9 Å². The van der Waals surface area contributed by atoms with Crippen molar-refractivity contribution < 1.29 is 13.4 Å². The molecular formula is C27H27FN6O2S. The van der Waals surface area contributed by atoms with Gasteiger partial charge >= 0.3 is 0 Å². The molecule has 4 aromatic rings. The third kappa shape index (κ3) is 4.72. The van der Waals surface area contributed by atoms with Gasteiger partial charge in [0, 0.05) is 36.2 Å². The van der Waals surface area contributed by atoms with Crippen molar-refractivity contribution in [3.05, 3.63) is 72.8 Å². The zero-order valence-electron chi connectivity index (χ0n) is 20.4. The van der Waals surface area contributed by atoms with Crippen molar-refractivity contribution in [3.63, 3.8) is 0 Å². The number of carbonyl (C=O) groups excluding carboxylic acids is 1. The van der Waals surface area contributed by atoms with Gasteiger partial charge in [-0.1, -0.05) is 24.8 Å². The minimum Gasteiger partial charge on any atom is -0.383 e.